The molecule has 1 aromatic heterocycles. The van der Waals surface area contributed by atoms with Gasteiger partial charge in [0.1, 0.15) is 5.69 Å². The fourth-order valence-corrected chi connectivity index (χ4v) is 3.32. The van der Waals surface area contributed by atoms with Gasteiger partial charge in [0, 0.05) is 25.7 Å². The lowest BCUT2D eigenvalue weighted by atomic mass is 10.1. The lowest BCUT2D eigenvalue weighted by molar-refractivity contribution is -0.384. The molecule has 2 heterocycles. The summed E-state index contributed by atoms with van der Waals surface area (Å²) in [5, 5.41) is 18.1. The summed E-state index contributed by atoms with van der Waals surface area (Å²) in [6, 6.07) is 6.53. The number of thiophene rings is 1. The summed E-state index contributed by atoms with van der Waals surface area (Å²) in [6.07, 6.45) is 0. The molecule has 1 aliphatic heterocycles. The van der Waals surface area contributed by atoms with Crippen molar-refractivity contribution in [3.63, 3.8) is 0 Å². The molecule has 1 aromatic carbocycles. The first-order valence-electron chi connectivity index (χ1n) is 7.56. The van der Waals surface area contributed by atoms with Crippen LogP contribution in [-0.4, -0.2) is 37.1 Å². The average molecular weight is 347 g/mol. The largest absolute Gasteiger partial charge is 0.378 e. The van der Waals surface area contributed by atoms with Crippen LogP contribution in [0.5, 0.6) is 0 Å². The molecule has 0 bridgehead atoms. The van der Waals surface area contributed by atoms with Crippen LogP contribution in [0.2, 0.25) is 0 Å². The summed E-state index contributed by atoms with van der Waals surface area (Å²) in [5.74, 6) is -0.314. The molecule has 0 saturated carbocycles. The Morgan fingerprint density at radius 3 is 2.79 bits per heavy atom. The van der Waals surface area contributed by atoms with Crippen molar-refractivity contribution in [2.45, 2.75) is 6.54 Å². The first kappa shape index (κ1) is 16.4. The van der Waals surface area contributed by atoms with Crippen LogP contribution in [0.3, 0.4) is 0 Å². The molecule has 24 heavy (non-hydrogen) atoms. The number of hydrogen-bond acceptors (Lipinski definition) is 6. The minimum atomic E-state index is -0.444. The number of rotatable bonds is 5. The number of carbonyl (C=O) groups excluding carboxylic acids is 1. The van der Waals surface area contributed by atoms with Gasteiger partial charge in [0.05, 0.1) is 23.7 Å². The van der Waals surface area contributed by atoms with E-state index in [-0.39, 0.29) is 11.6 Å². The van der Waals surface area contributed by atoms with E-state index < -0.39 is 4.92 Å². The Bertz CT molecular complexity index is 727. The van der Waals surface area contributed by atoms with Gasteiger partial charge < -0.3 is 15.0 Å². The van der Waals surface area contributed by atoms with Crippen LogP contribution in [0.25, 0.3) is 0 Å². The molecule has 1 aliphatic rings. The van der Waals surface area contributed by atoms with Gasteiger partial charge in [-0.15, -0.1) is 0 Å². The van der Waals surface area contributed by atoms with Gasteiger partial charge in [-0.3, -0.25) is 14.9 Å². The molecule has 8 heteroatoms. The Labute approximate surface area is 143 Å². The summed E-state index contributed by atoms with van der Waals surface area (Å²) < 4.78 is 5.31. The number of nitro benzene ring substituents is 1. The molecule has 0 radical (unpaired) electrons. The molecule has 126 valence electrons. The van der Waals surface area contributed by atoms with Crippen molar-refractivity contribution in [2.75, 3.05) is 31.2 Å². The Hall–Kier alpha value is -2.45. The fourth-order valence-electron chi connectivity index (χ4n) is 2.65. The number of benzene rings is 1. The van der Waals surface area contributed by atoms with Crippen LogP contribution in [-0.2, 0) is 11.3 Å². The predicted molar refractivity (Wildman–Crippen MR) is 91.6 cm³/mol. The lowest BCUT2D eigenvalue weighted by Crippen LogP contribution is -2.38. The van der Waals surface area contributed by atoms with Crippen LogP contribution >= 0.6 is 11.3 Å². The molecule has 0 unspecified atom stereocenters. The van der Waals surface area contributed by atoms with E-state index in [4.69, 9.17) is 4.74 Å². The van der Waals surface area contributed by atoms with Crippen molar-refractivity contribution < 1.29 is 14.5 Å². The zero-order valence-corrected chi connectivity index (χ0v) is 13.8. The molecule has 7 nitrogen and oxygen atoms in total. The zero-order chi connectivity index (χ0) is 16.9. The van der Waals surface area contributed by atoms with Gasteiger partial charge in [-0.25, -0.2) is 0 Å². The van der Waals surface area contributed by atoms with E-state index >= 15 is 0 Å². The summed E-state index contributed by atoms with van der Waals surface area (Å²) in [5.41, 5.74) is 1.64. The maximum Gasteiger partial charge on any atom is 0.293 e. The molecular formula is C16H17N3O4S. The fraction of sp³-hybridized carbons (Fsp3) is 0.312. The molecule has 1 amide bonds. The van der Waals surface area contributed by atoms with Crippen molar-refractivity contribution in [2.24, 2.45) is 0 Å². The van der Waals surface area contributed by atoms with Gasteiger partial charge in [0.25, 0.3) is 11.6 Å². The molecule has 0 aliphatic carbocycles. The highest BCUT2D eigenvalue weighted by atomic mass is 32.1. The number of amides is 1. The third-order valence-corrected chi connectivity index (χ3v) is 4.55. The number of anilines is 1. The van der Waals surface area contributed by atoms with Crippen LogP contribution in [0.15, 0.2) is 35.0 Å². The highest BCUT2D eigenvalue weighted by Crippen LogP contribution is 2.32. The van der Waals surface area contributed by atoms with Crippen molar-refractivity contribution in [3.05, 3.63) is 56.3 Å². The smallest absolute Gasteiger partial charge is 0.293 e. The van der Waals surface area contributed by atoms with E-state index in [1.165, 1.54) is 6.07 Å². The van der Waals surface area contributed by atoms with E-state index in [1.807, 2.05) is 21.7 Å². The van der Waals surface area contributed by atoms with Crippen molar-refractivity contribution in [1.82, 2.24) is 5.32 Å². The summed E-state index contributed by atoms with van der Waals surface area (Å²) in [4.78, 5) is 25.4. The third kappa shape index (κ3) is 3.55. The second-order valence-electron chi connectivity index (χ2n) is 5.34. The number of nitrogens with zero attached hydrogens (tertiary/aromatic N) is 2. The molecule has 1 fully saturated rings. The first-order valence-corrected chi connectivity index (χ1v) is 8.50. The molecule has 0 spiro atoms. The van der Waals surface area contributed by atoms with Gasteiger partial charge in [0.15, 0.2) is 0 Å². The van der Waals surface area contributed by atoms with Crippen LogP contribution in [0, 0.1) is 10.1 Å². The standard InChI is InChI=1S/C16H17N3O4S/c20-16(17-10-12-4-9-24-11-12)13-2-1-3-14(19(21)22)15(13)18-5-7-23-8-6-18/h1-4,9,11H,5-8,10H2,(H,17,20). The van der Waals surface area contributed by atoms with E-state index in [0.29, 0.717) is 44.1 Å². The SMILES string of the molecule is O=C(NCc1ccsc1)c1cccc([N+](=O)[O-])c1N1CCOCC1. The number of nitrogens with one attached hydrogen (secondary N) is 1. The molecular weight excluding hydrogens is 330 g/mol. The van der Waals surface area contributed by atoms with Gasteiger partial charge in [-0.05, 0) is 28.5 Å². The van der Waals surface area contributed by atoms with Crippen molar-refractivity contribution in [3.8, 4) is 0 Å². The average Bonchev–Trinajstić information content (AvgIpc) is 3.13. The molecule has 1 saturated heterocycles. The molecule has 1 N–H and O–H groups in total. The van der Waals surface area contributed by atoms with E-state index in [2.05, 4.69) is 5.32 Å². The maximum atomic E-state index is 12.6. The lowest BCUT2D eigenvalue weighted by Gasteiger charge is -2.29. The molecule has 3 rings (SSSR count). The number of para-hydroxylation sites is 1. The maximum absolute atomic E-state index is 12.6. The Balaban J connectivity index is 1.89. The van der Waals surface area contributed by atoms with Gasteiger partial charge in [-0.1, -0.05) is 6.07 Å². The van der Waals surface area contributed by atoms with Crippen molar-refractivity contribution in [1.29, 1.82) is 0 Å². The van der Waals surface area contributed by atoms with E-state index in [0.717, 1.165) is 5.56 Å². The topological polar surface area (TPSA) is 84.7 Å². The minimum absolute atomic E-state index is 0.0555. The van der Waals surface area contributed by atoms with E-state index in [1.54, 1.807) is 23.5 Å². The van der Waals surface area contributed by atoms with Gasteiger partial charge >= 0.3 is 0 Å². The van der Waals surface area contributed by atoms with Crippen molar-refractivity contribution >= 4 is 28.6 Å². The summed E-state index contributed by atoms with van der Waals surface area (Å²) in [7, 11) is 0. The number of hydrogen-bond donors (Lipinski definition) is 1. The summed E-state index contributed by atoms with van der Waals surface area (Å²) >= 11 is 1.56. The van der Waals surface area contributed by atoms with Crippen LogP contribution in [0.4, 0.5) is 11.4 Å². The second-order valence-corrected chi connectivity index (χ2v) is 6.12. The Kier molecular flexibility index (Phi) is 5.07. The predicted octanol–water partition coefficient (Wildman–Crippen LogP) is 2.42. The van der Waals surface area contributed by atoms with Gasteiger partial charge in [0.2, 0.25) is 0 Å². The quantitative estimate of drug-likeness (QED) is 0.663. The first-order chi connectivity index (χ1) is 11.7. The van der Waals surface area contributed by atoms with Crippen LogP contribution in [0.1, 0.15) is 15.9 Å². The normalized spacial score (nSPS) is 14.4. The Morgan fingerprint density at radius 2 is 2.12 bits per heavy atom. The number of carbonyl (C=O) groups is 1. The minimum Gasteiger partial charge on any atom is -0.378 e. The monoisotopic (exact) mass is 347 g/mol. The molecule has 0 atom stereocenters. The third-order valence-electron chi connectivity index (χ3n) is 3.82. The Morgan fingerprint density at radius 1 is 1.33 bits per heavy atom. The highest BCUT2D eigenvalue weighted by molar-refractivity contribution is 7.07. The molecule has 2 aromatic rings. The zero-order valence-electron chi connectivity index (χ0n) is 12.9. The second kappa shape index (κ2) is 7.41. The number of nitro groups is 1. The summed E-state index contributed by atoms with van der Waals surface area (Å²) in [6.45, 7) is 2.42. The van der Waals surface area contributed by atoms with Gasteiger partial charge in [-0.2, -0.15) is 11.3 Å². The van der Waals surface area contributed by atoms with Crippen LogP contribution < -0.4 is 10.2 Å². The number of morpholine rings is 1. The number of ether oxygens (including phenoxy) is 1. The highest BCUT2D eigenvalue weighted by Gasteiger charge is 2.27. The van der Waals surface area contributed by atoms with E-state index in [9.17, 15) is 14.9 Å².